The first-order valence-corrected chi connectivity index (χ1v) is 11.0. The average molecular weight is 445 g/mol. The van der Waals surface area contributed by atoms with Gasteiger partial charge < -0.3 is 19.6 Å². The fraction of sp³-hybridized carbons (Fsp3) is 0.875. The topological polar surface area (TPSA) is 107 Å². The van der Waals surface area contributed by atoms with Gasteiger partial charge in [0.15, 0.2) is 0 Å². The van der Waals surface area contributed by atoms with E-state index in [1.54, 1.807) is 0 Å². The molecule has 3 rings (SSSR count). The van der Waals surface area contributed by atoms with E-state index in [4.69, 9.17) is 14.6 Å². The molecule has 0 aromatic carbocycles. The number of rotatable bonds is 2. The van der Waals surface area contributed by atoms with Crippen LogP contribution in [0.15, 0.2) is 0 Å². The lowest BCUT2D eigenvalue weighted by atomic mass is 9.92. The second-order valence-electron chi connectivity index (χ2n) is 7.50. The van der Waals surface area contributed by atoms with Crippen LogP contribution in [0, 0.1) is 5.92 Å². The first-order valence-electron chi connectivity index (χ1n) is 9.17. The third kappa shape index (κ3) is 6.52. The molecule has 0 aliphatic carbocycles. The van der Waals surface area contributed by atoms with Crippen LogP contribution < -0.4 is 0 Å². The molecule has 168 valence electrons. The van der Waals surface area contributed by atoms with Gasteiger partial charge in [0.25, 0.3) is 5.91 Å². The summed E-state index contributed by atoms with van der Waals surface area (Å²) in [7, 11) is -1.12. The highest BCUT2D eigenvalue weighted by atomic mass is 32.2. The summed E-state index contributed by atoms with van der Waals surface area (Å²) in [4.78, 5) is 25.6. The summed E-state index contributed by atoms with van der Waals surface area (Å²) >= 11 is 0. The largest absolute Gasteiger partial charge is 0.490 e. The number of fused-ring (bicyclic) bond motifs is 1. The predicted octanol–water partition coefficient (Wildman–Crippen LogP) is -0.167. The zero-order valence-corrected chi connectivity index (χ0v) is 17.1. The number of carboxylic acid groups (broad SMARTS) is 1. The highest BCUT2D eigenvalue weighted by Crippen LogP contribution is 2.34. The van der Waals surface area contributed by atoms with Crippen molar-refractivity contribution in [2.24, 2.45) is 5.92 Å². The summed E-state index contributed by atoms with van der Waals surface area (Å²) in [5.74, 6) is -2.37. The molecular weight excluding hydrogens is 419 g/mol. The van der Waals surface area contributed by atoms with E-state index in [0.29, 0.717) is 19.0 Å². The van der Waals surface area contributed by atoms with Gasteiger partial charge in [0.2, 0.25) is 10.0 Å². The lowest BCUT2D eigenvalue weighted by Crippen LogP contribution is -2.50. The molecule has 0 aromatic rings. The van der Waals surface area contributed by atoms with E-state index in [2.05, 4.69) is 11.9 Å². The first kappa shape index (κ1) is 23.8. The van der Waals surface area contributed by atoms with E-state index in [1.807, 2.05) is 4.90 Å². The number of aliphatic carboxylic acids is 1. The molecule has 3 aliphatic heterocycles. The van der Waals surface area contributed by atoms with Crippen LogP contribution in [0.4, 0.5) is 13.2 Å². The van der Waals surface area contributed by atoms with Gasteiger partial charge in [-0.2, -0.15) is 17.5 Å². The van der Waals surface area contributed by atoms with Crippen molar-refractivity contribution in [3.63, 3.8) is 0 Å². The molecular formula is C16H26F3N3O6S. The number of halogens is 3. The Balaban J connectivity index is 0.000000370. The zero-order chi connectivity index (χ0) is 22.0. The lowest BCUT2D eigenvalue weighted by Gasteiger charge is -2.34. The van der Waals surface area contributed by atoms with Gasteiger partial charge in [-0.3, -0.25) is 4.79 Å². The quantitative estimate of drug-likeness (QED) is 0.629. The molecule has 0 radical (unpaired) electrons. The van der Waals surface area contributed by atoms with Crippen LogP contribution in [0.2, 0.25) is 0 Å². The molecule has 0 saturated carbocycles. The summed E-state index contributed by atoms with van der Waals surface area (Å²) in [6.07, 6.45) is -2.87. The molecule has 0 unspecified atom stereocenters. The Kier molecular flexibility index (Phi) is 7.52. The second-order valence-corrected chi connectivity index (χ2v) is 9.48. The molecule has 1 amide bonds. The Hall–Kier alpha value is -1.44. The maximum absolute atomic E-state index is 12.6. The van der Waals surface area contributed by atoms with E-state index in [0.717, 1.165) is 39.0 Å². The van der Waals surface area contributed by atoms with Crippen molar-refractivity contribution in [2.45, 2.75) is 31.2 Å². The van der Waals surface area contributed by atoms with Crippen molar-refractivity contribution in [3.05, 3.63) is 0 Å². The first-order chi connectivity index (χ1) is 13.3. The molecule has 3 saturated heterocycles. The number of carbonyl (C=O) groups excluding carboxylic acids is 1. The van der Waals surface area contributed by atoms with Gasteiger partial charge in [-0.05, 0) is 25.8 Å². The Labute approximate surface area is 167 Å². The summed E-state index contributed by atoms with van der Waals surface area (Å²) in [6.45, 7) is 4.22. The highest BCUT2D eigenvalue weighted by Gasteiger charge is 2.44. The van der Waals surface area contributed by atoms with Gasteiger partial charge in [-0.25, -0.2) is 13.2 Å². The van der Waals surface area contributed by atoms with Gasteiger partial charge in [-0.15, -0.1) is 0 Å². The van der Waals surface area contributed by atoms with Crippen LogP contribution in [0.5, 0.6) is 0 Å². The van der Waals surface area contributed by atoms with Crippen LogP contribution in [-0.2, 0) is 24.3 Å². The zero-order valence-electron chi connectivity index (χ0n) is 16.3. The summed E-state index contributed by atoms with van der Waals surface area (Å²) in [5, 5.41) is 7.12. The number of ether oxygens (including phenoxy) is 1. The predicted molar refractivity (Wildman–Crippen MR) is 95.6 cm³/mol. The standard InChI is InChI=1S/C14H25N3O4S.C2HF3O2/c1-15-5-7-16(8-6-15)14(18)12-9-11-3-4-17(22(2,19)20)10-13(11)21-12;3-2(4,5)1(6)7/h11-13H,3-10H2,1-2H3;(H,6,7)/t11-,12+,13+;/m0./s1. The highest BCUT2D eigenvalue weighted by molar-refractivity contribution is 7.88. The molecule has 29 heavy (non-hydrogen) atoms. The minimum atomic E-state index is -5.08. The van der Waals surface area contributed by atoms with E-state index in [9.17, 15) is 26.4 Å². The van der Waals surface area contributed by atoms with Crippen LogP contribution in [0.3, 0.4) is 0 Å². The molecule has 3 atom stereocenters. The number of nitrogens with zero attached hydrogens (tertiary/aromatic N) is 3. The van der Waals surface area contributed by atoms with Crippen LogP contribution in [0.25, 0.3) is 0 Å². The lowest BCUT2D eigenvalue weighted by molar-refractivity contribution is -0.192. The second kappa shape index (κ2) is 9.14. The molecule has 0 spiro atoms. The maximum atomic E-state index is 12.6. The molecule has 0 aromatic heterocycles. The Morgan fingerprint density at radius 3 is 2.14 bits per heavy atom. The third-order valence-electron chi connectivity index (χ3n) is 5.32. The number of carbonyl (C=O) groups is 2. The Bertz CT molecular complexity index is 709. The minimum Gasteiger partial charge on any atom is -0.475 e. The van der Waals surface area contributed by atoms with Gasteiger partial charge in [-0.1, -0.05) is 0 Å². The van der Waals surface area contributed by atoms with E-state index in [1.165, 1.54) is 10.6 Å². The van der Waals surface area contributed by atoms with Crippen LogP contribution in [-0.4, -0.2) is 110 Å². The van der Waals surface area contributed by atoms with E-state index >= 15 is 0 Å². The summed E-state index contributed by atoms with van der Waals surface area (Å²) in [6, 6.07) is 0. The number of piperazine rings is 1. The van der Waals surface area contributed by atoms with E-state index in [-0.39, 0.29) is 12.0 Å². The van der Waals surface area contributed by atoms with Crippen molar-refractivity contribution in [2.75, 3.05) is 52.6 Å². The number of carboxylic acids is 1. The summed E-state index contributed by atoms with van der Waals surface area (Å²) < 4.78 is 62.4. The summed E-state index contributed by atoms with van der Waals surface area (Å²) in [5.41, 5.74) is 0. The van der Waals surface area contributed by atoms with Crippen molar-refractivity contribution in [3.8, 4) is 0 Å². The number of hydrogen-bond donors (Lipinski definition) is 1. The fourth-order valence-corrected chi connectivity index (χ4v) is 4.45. The van der Waals surface area contributed by atoms with Crippen molar-refractivity contribution < 1.29 is 41.0 Å². The van der Waals surface area contributed by atoms with Crippen LogP contribution in [0.1, 0.15) is 12.8 Å². The van der Waals surface area contributed by atoms with Gasteiger partial charge >= 0.3 is 12.1 Å². The normalized spacial score (nSPS) is 29.0. The maximum Gasteiger partial charge on any atom is 0.490 e. The molecule has 9 nitrogen and oxygen atoms in total. The molecule has 1 N–H and O–H groups in total. The van der Waals surface area contributed by atoms with Crippen LogP contribution >= 0.6 is 0 Å². The average Bonchev–Trinajstić information content (AvgIpc) is 3.04. The number of likely N-dealkylation sites (N-methyl/N-ethyl adjacent to an activating group) is 1. The third-order valence-corrected chi connectivity index (χ3v) is 6.59. The van der Waals surface area contributed by atoms with E-state index < -0.39 is 28.3 Å². The molecule has 3 heterocycles. The van der Waals surface area contributed by atoms with Gasteiger partial charge in [0.05, 0.1) is 12.4 Å². The van der Waals surface area contributed by atoms with Crippen molar-refractivity contribution in [1.82, 2.24) is 14.1 Å². The number of amides is 1. The number of hydrogen-bond acceptors (Lipinski definition) is 6. The SMILES string of the molecule is CN1CCN(C(=O)[C@H]2C[C@@H]3CCN(S(C)(=O)=O)C[C@H]3O2)CC1.O=C(O)C(F)(F)F. The number of piperidine rings is 1. The fourth-order valence-electron chi connectivity index (χ4n) is 3.59. The molecule has 13 heteroatoms. The minimum absolute atomic E-state index is 0.0772. The van der Waals surface area contributed by atoms with Crippen molar-refractivity contribution in [1.29, 1.82) is 0 Å². The molecule has 0 bridgehead atoms. The van der Waals surface area contributed by atoms with Crippen molar-refractivity contribution >= 4 is 21.9 Å². The smallest absolute Gasteiger partial charge is 0.475 e. The van der Waals surface area contributed by atoms with Gasteiger partial charge in [0.1, 0.15) is 6.10 Å². The van der Waals surface area contributed by atoms with Gasteiger partial charge in [0, 0.05) is 39.3 Å². The monoisotopic (exact) mass is 445 g/mol. The number of alkyl halides is 3. The number of sulfonamides is 1. The Morgan fingerprint density at radius 2 is 1.66 bits per heavy atom. The Morgan fingerprint density at radius 1 is 1.10 bits per heavy atom. The molecule has 3 aliphatic rings. The molecule has 3 fully saturated rings.